The Morgan fingerprint density at radius 1 is 1.32 bits per heavy atom. The highest BCUT2D eigenvalue weighted by molar-refractivity contribution is 6.30. The molecule has 0 saturated carbocycles. The quantitative estimate of drug-likeness (QED) is 0.893. The molecular formula is C16H19ClN2. The van der Waals surface area contributed by atoms with Gasteiger partial charge in [0.2, 0.25) is 0 Å². The Hall–Kier alpha value is -1.38. The first-order chi connectivity index (χ1) is 9.20. The number of rotatable bonds is 5. The summed E-state index contributed by atoms with van der Waals surface area (Å²) in [4.78, 5) is 4.24. The van der Waals surface area contributed by atoms with Crippen LogP contribution in [-0.2, 0) is 6.42 Å². The largest absolute Gasteiger partial charge is 0.310 e. The van der Waals surface area contributed by atoms with Gasteiger partial charge < -0.3 is 5.32 Å². The molecule has 0 aliphatic rings. The van der Waals surface area contributed by atoms with E-state index in [4.69, 9.17) is 11.6 Å². The summed E-state index contributed by atoms with van der Waals surface area (Å²) in [6.45, 7) is 5.18. The molecule has 0 bridgehead atoms. The van der Waals surface area contributed by atoms with Gasteiger partial charge in [0, 0.05) is 23.5 Å². The van der Waals surface area contributed by atoms with E-state index in [0.29, 0.717) is 0 Å². The average Bonchev–Trinajstić information content (AvgIpc) is 2.39. The van der Waals surface area contributed by atoms with Crippen LogP contribution >= 0.6 is 11.6 Å². The Morgan fingerprint density at radius 2 is 2.16 bits per heavy atom. The van der Waals surface area contributed by atoms with Crippen molar-refractivity contribution in [2.75, 3.05) is 6.54 Å². The Labute approximate surface area is 119 Å². The minimum Gasteiger partial charge on any atom is -0.310 e. The summed E-state index contributed by atoms with van der Waals surface area (Å²) in [5.41, 5.74) is 3.76. The van der Waals surface area contributed by atoms with Crippen LogP contribution in [0, 0.1) is 6.92 Å². The molecular weight excluding hydrogens is 256 g/mol. The molecule has 0 radical (unpaired) electrons. The molecule has 1 N–H and O–H groups in total. The van der Waals surface area contributed by atoms with Crippen LogP contribution < -0.4 is 5.32 Å². The van der Waals surface area contributed by atoms with Crippen LogP contribution in [0.5, 0.6) is 0 Å². The molecule has 0 spiro atoms. The molecule has 0 aliphatic heterocycles. The van der Waals surface area contributed by atoms with E-state index >= 15 is 0 Å². The maximum absolute atomic E-state index is 6.05. The molecule has 0 fully saturated rings. The summed E-state index contributed by atoms with van der Waals surface area (Å²) in [7, 11) is 0. The van der Waals surface area contributed by atoms with Gasteiger partial charge in [-0.05, 0) is 54.8 Å². The highest BCUT2D eigenvalue weighted by Gasteiger charge is 2.13. The Kier molecular flexibility index (Phi) is 4.94. The maximum Gasteiger partial charge on any atom is 0.0408 e. The first kappa shape index (κ1) is 14.0. The van der Waals surface area contributed by atoms with Gasteiger partial charge >= 0.3 is 0 Å². The first-order valence-corrected chi connectivity index (χ1v) is 6.97. The number of hydrogen-bond acceptors (Lipinski definition) is 2. The highest BCUT2D eigenvalue weighted by atomic mass is 35.5. The van der Waals surface area contributed by atoms with Crippen LogP contribution in [0.3, 0.4) is 0 Å². The summed E-state index contributed by atoms with van der Waals surface area (Å²) in [5.74, 6) is 0. The number of pyridine rings is 1. The van der Waals surface area contributed by atoms with Gasteiger partial charge in [-0.25, -0.2) is 0 Å². The van der Waals surface area contributed by atoms with E-state index in [1.807, 2.05) is 30.6 Å². The van der Waals surface area contributed by atoms with Crippen molar-refractivity contribution in [1.82, 2.24) is 10.3 Å². The maximum atomic E-state index is 6.05. The summed E-state index contributed by atoms with van der Waals surface area (Å²) in [6, 6.07) is 10.4. The topological polar surface area (TPSA) is 24.9 Å². The number of nitrogens with one attached hydrogen (secondary N) is 1. The van der Waals surface area contributed by atoms with Crippen LogP contribution in [0.4, 0.5) is 0 Å². The van der Waals surface area contributed by atoms with E-state index in [-0.39, 0.29) is 6.04 Å². The van der Waals surface area contributed by atoms with Crippen LogP contribution in [0.1, 0.15) is 29.7 Å². The predicted molar refractivity (Wildman–Crippen MR) is 80.5 cm³/mol. The highest BCUT2D eigenvalue weighted by Crippen LogP contribution is 2.22. The second kappa shape index (κ2) is 6.69. The third-order valence-electron chi connectivity index (χ3n) is 3.23. The second-order valence-corrected chi connectivity index (χ2v) is 5.11. The molecule has 0 amide bonds. The minimum atomic E-state index is 0.275. The fourth-order valence-electron chi connectivity index (χ4n) is 2.28. The molecule has 1 atom stereocenters. The molecule has 0 aliphatic carbocycles. The molecule has 3 heteroatoms. The molecule has 1 unspecified atom stereocenters. The fourth-order valence-corrected chi connectivity index (χ4v) is 2.49. The molecule has 2 nitrogen and oxygen atoms in total. The third-order valence-corrected chi connectivity index (χ3v) is 3.47. The summed E-state index contributed by atoms with van der Waals surface area (Å²) in [5, 5.41) is 4.31. The van der Waals surface area contributed by atoms with Gasteiger partial charge in [0.1, 0.15) is 0 Å². The number of benzene rings is 1. The van der Waals surface area contributed by atoms with Crippen molar-refractivity contribution in [2.24, 2.45) is 0 Å². The Balaban J connectivity index is 2.24. The van der Waals surface area contributed by atoms with Crippen LogP contribution in [0.2, 0.25) is 5.02 Å². The number of hydrogen-bond donors (Lipinski definition) is 1. The van der Waals surface area contributed by atoms with Gasteiger partial charge in [0.25, 0.3) is 0 Å². The second-order valence-electron chi connectivity index (χ2n) is 4.68. The molecule has 1 aromatic heterocycles. The van der Waals surface area contributed by atoms with Gasteiger partial charge in [-0.15, -0.1) is 0 Å². The average molecular weight is 275 g/mol. The van der Waals surface area contributed by atoms with Crippen molar-refractivity contribution in [3.05, 3.63) is 64.4 Å². The van der Waals surface area contributed by atoms with Gasteiger partial charge in [-0.3, -0.25) is 4.98 Å². The molecule has 2 aromatic rings. The normalized spacial score (nSPS) is 12.4. The SMILES string of the molecule is CCNC(Cc1cccc(Cl)c1)c1cnccc1C. The number of aryl methyl sites for hydroxylation is 1. The standard InChI is InChI=1S/C16H19ClN2/c1-3-19-16(15-11-18-8-7-12(15)2)10-13-5-4-6-14(17)9-13/h4-9,11,16,19H,3,10H2,1-2H3. The van der Waals surface area contributed by atoms with E-state index in [2.05, 4.69) is 36.3 Å². The first-order valence-electron chi connectivity index (χ1n) is 6.59. The lowest BCUT2D eigenvalue weighted by Crippen LogP contribution is -2.23. The number of aromatic nitrogens is 1. The van der Waals surface area contributed by atoms with Crippen LogP contribution in [0.15, 0.2) is 42.7 Å². The minimum absolute atomic E-state index is 0.275. The lowest BCUT2D eigenvalue weighted by molar-refractivity contribution is 0.545. The smallest absolute Gasteiger partial charge is 0.0408 e. The van der Waals surface area contributed by atoms with Crippen LogP contribution in [0.25, 0.3) is 0 Å². The van der Waals surface area contributed by atoms with Crippen molar-refractivity contribution in [2.45, 2.75) is 26.3 Å². The molecule has 0 saturated heterocycles. The summed E-state index contributed by atoms with van der Waals surface area (Å²) >= 11 is 6.05. The molecule has 19 heavy (non-hydrogen) atoms. The Bertz CT molecular complexity index is 540. The van der Waals surface area contributed by atoms with Gasteiger partial charge in [0.05, 0.1) is 0 Å². The molecule has 1 aromatic carbocycles. The van der Waals surface area contributed by atoms with Crippen molar-refractivity contribution >= 4 is 11.6 Å². The molecule has 100 valence electrons. The monoisotopic (exact) mass is 274 g/mol. The van der Waals surface area contributed by atoms with E-state index in [1.165, 1.54) is 16.7 Å². The third kappa shape index (κ3) is 3.79. The van der Waals surface area contributed by atoms with Gasteiger partial charge in [0.15, 0.2) is 0 Å². The van der Waals surface area contributed by atoms with Crippen molar-refractivity contribution < 1.29 is 0 Å². The van der Waals surface area contributed by atoms with Crippen LogP contribution in [-0.4, -0.2) is 11.5 Å². The Morgan fingerprint density at radius 3 is 2.84 bits per heavy atom. The van der Waals surface area contributed by atoms with E-state index < -0.39 is 0 Å². The van der Waals surface area contributed by atoms with E-state index in [9.17, 15) is 0 Å². The predicted octanol–water partition coefficient (Wildman–Crippen LogP) is 3.94. The molecule has 1 heterocycles. The van der Waals surface area contributed by atoms with E-state index in [1.54, 1.807) is 0 Å². The zero-order valence-electron chi connectivity index (χ0n) is 11.4. The van der Waals surface area contributed by atoms with Gasteiger partial charge in [-0.1, -0.05) is 30.7 Å². The van der Waals surface area contributed by atoms with E-state index in [0.717, 1.165) is 18.0 Å². The summed E-state index contributed by atoms with van der Waals surface area (Å²) < 4.78 is 0. The van der Waals surface area contributed by atoms with Crippen molar-refractivity contribution in [3.8, 4) is 0 Å². The summed E-state index contributed by atoms with van der Waals surface area (Å²) in [6.07, 6.45) is 4.70. The van der Waals surface area contributed by atoms with Crippen molar-refractivity contribution in [3.63, 3.8) is 0 Å². The number of halogens is 1. The number of likely N-dealkylation sites (N-methyl/N-ethyl adjacent to an activating group) is 1. The lowest BCUT2D eigenvalue weighted by atomic mass is 9.97. The van der Waals surface area contributed by atoms with Gasteiger partial charge in [-0.2, -0.15) is 0 Å². The lowest BCUT2D eigenvalue weighted by Gasteiger charge is -2.20. The van der Waals surface area contributed by atoms with Crippen molar-refractivity contribution in [1.29, 1.82) is 0 Å². The zero-order chi connectivity index (χ0) is 13.7. The molecule has 2 rings (SSSR count). The fraction of sp³-hybridized carbons (Fsp3) is 0.312. The zero-order valence-corrected chi connectivity index (χ0v) is 12.1. The number of nitrogens with zero attached hydrogens (tertiary/aromatic N) is 1.